The largest absolute Gasteiger partial charge is 0.495 e. The lowest BCUT2D eigenvalue weighted by Gasteiger charge is -2.15. The molecule has 0 heterocycles. The maximum Gasteiger partial charge on any atom is 0.261 e. The maximum atomic E-state index is 13.3. The third-order valence-electron chi connectivity index (χ3n) is 5.32. The number of rotatable bonds is 8. The highest BCUT2D eigenvalue weighted by Crippen LogP contribution is 2.31. The number of carbonyl (C=O) groups excluding carboxylic acids is 2. The van der Waals surface area contributed by atoms with Crippen LogP contribution in [0.1, 0.15) is 26.3 Å². The summed E-state index contributed by atoms with van der Waals surface area (Å²) in [5.74, 6) is -0.650. The Morgan fingerprint density at radius 2 is 1.46 bits per heavy atom. The highest BCUT2D eigenvalue weighted by Gasteiger charge is 2.22. The van der Waals surface area contributed by atoms with Crippen LogP contribution in [0.5, 0.6) is 5.75 Å². The molecule has 10 heteroatoms. The second-order valence-electron chi connectivity index (χ2n) is 7.82. The molecule has 2 N–H and O–H groups in total. The Hall–Kier alpha value is -3.85. The van der Waals surface area contributed by atoms with Gasteiger partial charge >= 0.3 is 0 Å². The van der Waals surface area contributed by atoms with Gasteiger partial charge in [0.15, 0.2) is 5.78 Å². The number of sulfonamides is 1. The Labute approximate surface area is 224 Å². The van der Waals surface area contributed by atoms with Gasteiger partial charge in [0, 0.05) is 26.7 Å². The van der Waals surface area contributed by atoms with E-state index in [1.54, 1.807) is 48.5 Å². The van der Waals surface area contributed by atoms with Crippen LogP contribution in [0, 0.1) is 0 Å². The van der Waals surface area contributed by atoms with Gasteiger partial charge in [0.2, 0.25) is 0 Å². The fourth-order valence-corrected chi connectivity index (χ4v) is 4.99. The standard InChI is InChI=1S/C27H20Cl2N2O5S/c1-36-25-13-11-21(16-24(25)30-27(33)18-8-5-9-19(28)14-18)37(34,35)31-23-12-10-20(29)15-22(23)26(32)17-6-3-2-4-7-17/h2-16,31H,1H3,(H,30,33). The molecule has 37 heavy (non-hydrogen) atoms. The Bertz CT molecular complexity index is 1590. The molecular weight excluding hydrogens is 535 g/mol. The molecule has 0 radical (unpaired) electrons. The SMILES string of the molecule is COc1ccc(S(=O)(=O)Nc2ccc(Cl)cc2C(=O)c2ccccc2)cc1NC(=O)c1cccc(Cl)c1. The summed E-state index contributed by atoms with van der Waals surface area (Å²) in [5.41, 5.74) is 0.933. The molecule has 0 aliphatic rings. The molecule has 4 rings (SSSR count). The van der Waals surface area contributed by atoms with Gasteiger partial charge in [-0.3, -0.25) is 14.3 Å². The van der Waals surface area contributed by atoms with Crippen LogP contribution in [0.25, 0.3) is 0 Å². The Morgan fingerprint density at radius 1 is 0.757 bits per heavy atom. The fourth-order valence-electron chi connectivity index (χ4n) is 3.52. The van der Waals surface area contributed by atoms with Gasteiger partial charge in [-0.25, -0.2) is 8.42 Å². The van der Waals surface area contributed by atoms with E-state index in [-0.39, 0.29) is 38.2 Å². The molecule has 0 saturated heterocycles. The number of benzene rings is 4. The van der Waals surface area contributed by atoms with Crippen molar-refractivity contribution < 1.29 is 22.7 Å². The number of nitrogens with one attached hydrogen (secondary N) is 2. The lowest BCUT2D eigenvalue weighted by atomic mass is 10.0. The first kappa shape index (κ1) is 26.2. The quantitative estimate of drug-likeness (QED) is 0.249. The van der Waals surface area contributed by atoms with Crippen LogP contribution in [-0.4, -0.2) is 27.2 Å². The number of hydrogen-bond acceptors (Lipinski definition) is 5. The predicted octanol–water partition coefficient (Wildman–Crippen LogP) is 6.29. The van der Waals surface area contributed by atoms with E-state index >= 15 is 0 Å². The summed E-state index contributed by atoms with van der Waals surface area (Å²) >= 11 is 12.1. The third-order valence-corrected chi connectivity index (χ3v) is 7.16. The van der Waals surface area contributed by atoms with E-state index < -0.39 is 21.7 Å². The van der Waals surface area contributed by atoms with Crippen molar-refractivity contribution in [2.24, 2.45) is 0 Å². The highest BCUT2D eigenvalue weighted by atomic mass is 35.5. The summed E-state index contributed by atoms with van der Waals surface area (Å²) in [7, 11) is -2.80. The lowest BCUT2D eigenvalue weighted by molar-refractivity contribution is 0.102. The van der Waals surface area contributed by atoms with Crippen molar-refractivity contribution in [3.05, 3.63) is 118 Å². The molecule has 0 aliphatic heterocycles. The van der Waals surface area contributed by atoms with Gasteiger partial charge in [0.25, 0.3) is 15.9 Å². The predicted molar refractivity (Wildman–Crippen MR) is 145 cm³/mol. The molecule has 0 bridgehead atoms. The van der Waals surface area contributed by atoms with Crippen molar-refractivity contribution in [1.82, 2.24) is 0 Å². The maximum absolute atomic E-state index is 13.3. The summed E-state index contributed by atoms with van der Waals surface area (Å²) in [6, 6.07) is 23.0. The number of ether oxygens (including phenoxy) is 1. The van der Waals surface area contributed by atoms with E-state index in [4.69, 9.17) is 27.9 Å². The monoisotopic (exact) mass is 554 g/mol. The van der Waals surface area contributed by atoms with Crippen molar-refractivity contribution in [1.29, 1.82) is 0 Å². The fraction of sp³-hybridized carbons (Fsp3) is 0.0370. The second-order valence-corrected chi connectivity index (χ2v) is 10.4. The zero-order chi connectivity index (χ0) is 26.6. The molecule has 0 fully saturated rings. The van der Waals surface area contributed by atoms with Crippen LogP contribution in [0.3, 0.4) is 0 Å². The van der Waals surface area contributed by atoms with Crippen molar-refractivity contribution in [3.63, 3.8) is 0 Å². The minimum atomic E-state index is -4.19. The lowest BCUT2D eigenvalue weighted by Crippen LogP contribution is -2.17. The van der Waals surface area contributed by atoms with Gasteiger partial charge in [-0.1, -0.05) is 59.6 Å². The normalized spacial score (nSPS) is 11.0. The minimum absolute atomic E-state index is 0.0542. The molecule has 0 saturated carbocycles. The van der Waals surface area contributed by atoms with Crippen LogP contribution in [0.15, 0.2) is 95.9 Å². The van der Waals surface area contributed by atoms with Gasteiger partial charge in [0.05, 0.1) is 23.4 Å². The summed E-state index contributed by atoms with van der Waals surface area (Å²) in [5, 5.41) is 3.31. The average Bonchev–Trinajstić information content (AvgIpc) is 2.89. The first-order valence-corrected chi connectivity index (χ1v) is 13.1. The van der Waals surface area contributed by atoms with Crippen LogP contribution in [0.4, 0.5) is 11.4 Å². The molecular formula is C27H20Cl2N2O5S. The van der Waals surface area contributed by atoms with E-state index in [2.05, 4.69) is 10.0 Å². The summed E-state index contributed by atoms with van der Waals surface area (Å²) < 4.78 is 34.4. The van der Waals surface area contributed by atoms with E-state index in [1.807, 2.05) is 0 Å². The number of ketones is 1. The van der Waals surface area contributed by atoms with Gasteiger partial charge in [-0.15, -0.1) is 0 Å². The summed E-state index contributed by atoms with van der Waals surface area (Å²) in [6.07, 6.45) is 0. The zero-order valence-corrected chi connectivity index (χ0v) is 21.7. The molecule has 188 valence electrons. The number of methoxy groups -OCH3 is 1. The Kier molecular flexibility index (Phi) is 7.83. The summed E-state index contributed by atoms with van der Waals surface area (Å²) in [4.78, 5) is 25.7. The third kappa shape index (κ3) is 6.11. The van der Waals surface area contributed by atoms with Crippen LogP contribution in [0.2, 0.25) is 10.0 Å². The zero-order valence-electron chi connectivity index (χ0n) is 19.4. The second kappa shape index (κ2) is 11.0. The highest BCUT2D eigenvalue weighted by molar-refractivity contribution is 7.92. The average molecular weight is 555 g/mol. The van der Waals surface area contributed by atoms with Crippen molar-refractivity contribution in [3.8, 4) is 5.75 Å². The number of anilines is 2. The first-order valence-electron chi connectivity index (χ1n) is 10.8. The Balaban J connectivity index is 1.67. The van der Waals surface area contributed by atoms with Gasteiger partial charge in [0.1, 0.15) is 5.75 Å². The molecule has 7 nitrogen and oxygen atoms in total. The number of carbonyl (C=O) groups is 2. The van der Waals surface area contributed by atoms with E-state index in [0.29, 0.717) is 10.6 Å². The number of amides is 1. The van der Waals surface area contributed by atoms with Crippen molar-refractivity contribution in [2.45, 2.75) is 4.90 Å². The molecule has 4 aromatic rings. The smallest absolute Gasteiger partial charge is 0.261 e. The Morgan fingerprint density at radius 3 is 2.16 bits per heavy atom. The van der Waals surface area contributed by atoms with Crippen molar-refractivity contribution in [2.75, 3.05) is 17.1 Å². The number of hydrogen-bond donors (Lipinski definition) is 2. The van der Waals surface area contributed by atoms with E-state index in [0.717, 1.165) is 0 Å². The molecule has 0 aliphatic carbocycles. The molecule has 0 aromatic heterocycles. The van der Waals surface area contributed by atoms with E-state index in [9.17, 15) is 18.0 Å². The number of halogens is 2. The minimum Gasteiger partial charge on any atom is -0.495 e. The van der Waals surface area contributed by atoms with Crippen molar-refractivity contribution >= 4 is 56.3 Å². The van der Waals surface area contributed by atoms with Crippen LogP contribution < -0.4 is 14.8 Å². The van der Waals surface area contributed by atoms with Gasteiger partial charge < -0.3 is 10.1 Å². The van der Waals surface area contributed by atoms with Crippen LogP contribution in [-0.2, 0) is 10.0 Å². The van der Waals surface area contributed by atoms with Gasteiger partial charge in [-0.05, 0) is 54.6 Å². The van der Waals surface area contributed by atoms with Gasteiger partial charge in [-0.2, -0.15) is 0 Å². The molecule has 4 aromatic carbocycles. The molecule has 1 amide bonds. The first-order chi connectivity index (χ1) is 17.7. The molecule has 0 unspecified atom stereocenters. The molecule has 0 spiro atoms. The topological polar surface area (TPSA) is 102 Å². The molecule has 0 atom stereocenters. The van der Waals surface area contributed by atoms with Crippen LogP contribution >= 0.6 is 23.2 Å². The van der Waals surface area contributed by atoms with E-state index in [1.165, 1.54) is 49.6 Å². The summed E-state index contributed by atoms with van der Waals surface area (Å²) in [6.45, 7) is 0.